The molecule has 1 aliphatic heterocycles. The summed E-state index contributed by atoms with van der Waals surface area (Å²) in [6.45, 7) is 4.67. The van der Waals surface area contributed by atoms with Gasteiger partial charge in [-0.05, 0) is 38.1 Å². The van der Waals surface area contributed by atoms with Gasteiger partial charge in [0, 0.05) is 24.1 Å². The smallest absolute Gasteiger partial charge is 0.261 e. The molecule has 3 aromatic rings. The minimum absolute atomic E-state index is 0.0981. The second-order valence-corrected chi connectivity index (χ2v) is 7.10. The average molecular weight is 393 g/mol. The molecular formula is C22H23N3O4. The molecule has 4 rings (SSSR count). The number of aromatic nitrogens is 2. The maximum absolute atomic E-state index is 12.5. The number of para-hydroxylation sites is 1. The van der Waals surface area contributed by atoms with Crippen LogP contribution in [0.25, 0.3) is 10.9 Å². The summed E-state index contributed by atoms with van der Waals surface area (Å²) < 4.78 is 12.9. The van der Waals surface area contributed by atoms with Gasteiger partial charge >= 0.3 is 0 Å². The quantitative estimate of drug-likeness (QED) is 0.696. The van der Waals surface area contributed by atoms with Gasteiger partial charge < -0.3 is 14.8 Å². The summed E-state index contributed by atoms with van der Waals surface area (Å²) >= 11 is 0. The van der Waals surface area contributed by atoms with Gasteiger partial charge in [0.2, 0.25) is 5.91 Å². The highest BCUT2D eigenvalue weighted by molar-refractivity contribution is 5.78. The SMILES string of the molecule is CCOc1cc2c(cc1CNC(=O)Cn1cnc3ccccc3c1=O)OC(C)C2. The van der Waals surface area contributed by atoms with Crippen molar-refractivity contribution >= 4 is 16.8 Å². The minimum Gasteiger partial charge on any atom is -0.494 e. The monoisotopic (exact) mass is 393 g/mol. The summed E-state index contributed by atoms with van der Waals surface area (Å²) in [5.41, 5.74) is 2.34. The van der Waals surface area contributed by atoms with Crippen molar-refractivity contribution in [2.75, 3.05) is 6.61 Å². The standard InChI is InChI=1S/C22H23N3O4/c1-3-28-19-9-15-8-14(2)29-20(15)10-16(19)11-23-21(26)12-25-13-24-18-7-5-4-6-17(18)22(25)27/h4-7,9-10,13-14H,3,8,11-12H2,1-2H3,(H,23,26). The van der Waals surface area contributed by atoms with E-state index in [9.17, 15) is 9.59 Å². The molecule has 1 amide bonds. The molecule has 0 aliphatic carbocycles. The summed E-state index contributed by atoms with van der Waals surface area (Å²) in [5, 5.41) is 3.35. The zero-order chi connectivity index (χ0) is 20.4. The Kier molecular flexibility index (Phi) is 5.20. The Bertz CT molecular complexity index is 1120. The van der Waals surface area contributed by atoms with E-state index in [4.69, 9.17) is 9.47 Å². The Morgan fingerprint density at radius 3 is 3.00 bits per heavy atom. The first kappa shape index (κ1) is 19.0. The van der Waals surface area contributed by atoms with Gasteiger partial charge in [0.25, 0.3) is 5.56 Å². The lowest BCUT2D eigenvalue weighted by molar-refractivity contribution is -0.121. The van der Waals surface area contributed by atoms with Crippen LogP contribution >= 0.6 is 0 Å². The highest BCUT2D eigenvalue weighted by Gasteiger charge is 2.22. The lowest BCUT2D eigenvalue weighted by Crippen LogP contribution is -2.32. The van der Waals surface area contributed by atoms with Crippen LogP contribution in [0, 0.1) is 0 Å². The van der Waals surface area contributed by atoms with E-state index in [2.05, 4.69) is 10.3 Å². The highest BCUT2D eigenvalue weighted by Crippen LogP contribution is 2.35. The van der Waals surface area contributed by atoms with Gasteiger partial charge in [-0.25, -0.2) is 4.98 Å². The lowest BCUT2D eigenvalue weighted by Gasteiger charge is -2.14. The van der Waals surface area contributed by atoms with Gasteiger partial charge in [-0.3, -0.25) is 14.2 Å². The number of fused-ring (bicyclic) bond motifs is 2. The van der Waals surface area contributed by atoms with E-state index in [-0.39, 0.29) is 30.7 Å². The highest BCUT2D eigenvalue weighted by atomic mass is 16.5. The maximum atomic E-state index is 12.5. The molecule has 2 aromatic carbocycles. The van der Waals surface area contributed by atoms with Crippen molar-refractivity contribution in [1.29, 1.82) is 0 Å². The van der Waals surface area contributed by atoms with Crippen LogP contribution in [0.3, 0.4) is 0 Å². The molecule has 0 bridgehead atoms. The first-order valence-corrected chi connectivity index (χ1v) is 9.71. The zero-order valence-electron chi connectivity index (χ0n) is 16.5. The predicted molar refractivity (Wildman–Crippen MR) is 109 cm³/mol. The Labute approximate surface area is 168 Å². The molecule has 7 heteroatoms. The second-order valence-electron chi connectivity index (χ2n) is 7.10. The number of amides is 1. The molecule has 0 spiro atoms. The largest absolute Gasteiger partial charge is 0.494 e. The third kappa shape index (κ3) is 3.94. The molecule has 1 unspecified atom stereocenters. The number of nitrogens with zero attached hydrogens (tertiary/aromatic N) is 2. The summed E-state index contributed by atoms with van der Waals surface area (Å²) in [4.78, 5) is 29.2. The van der Waals surface area contributed by atoms with Crippen LogP contribution < -0.4 is 20.3 Å². The molecule has 7 nitrogen and oxygen atoms in total. The summed E-state index contributed by atoms with van der Waals surface area (Å²) in [6, 6.07) is 11.0. The number of benzene rings is 2. The van der Waals surface area contributed by atoms with Crippen molar-refractivity contribution in [2.45, 2.75) is 39.5 Å². The fourth-order valence-electron chi connectivity index (χ4n) is 3.53. The van der Waals surface area contributed by atoms with Crippen molar-refractivity contribution in [3.63, 3.8) is 0 Å². The van der Waals surface area contributed by atoms with E-state index in [1.165, 1.54) is 10.9 Å². The van der Waals surface area contributed by atoms with Gasteiger partial charge in [0.05, 0.1) is 23.8 Å². The Morgan fingerprint density at radius 1 is 1.34 bits per heavy atom. The van der Waals surface area contributed by atoms with Crippen molar-refractivity contribution in [1.82, 2.24) is 14.9 Å². The van der Waals surface area contributed by atoms with E-state index in [1.54, 1.807) is 18.2 Å². The van der Waals surface area contributed by atoms with Crippen LogP contribution in [0.1, 0.15) is 25.0 Å². The van der Waals surface area contributed by atoms with Crippen LogP contribution in [0.15, 0.2) is 47.5 Å². The molecule has 1 atom stereocenters. The van der Waals surface area contributed by atoms with Crippen molar-refractivity contribution in [3.8, 4) is 11.5 Å². The lowest BCUT2D eigenvalue weighted by atomic mass is 10.1. The maximum Gasteiger partial charge on any atom is 0.261 e. The van der Waals surface area contributed by atoms with Crippen LogP contribution in [0.2, 0.25) is 0 Å². The van der Waals surface area contributed by atoms with E-state index in [0.29, 0.717) is 17.5 Å². The number of ether oxygens (including phenoxy) is 2. The van der Waals surface area contributed by atoms with Crippen molar-refractivity contribution < 1.29 is 14.3 Å². The molecule has 0 saturated heterocycles. The Hall–Kier alpha value is -3.35. The van der Waals surface area contributed by atoms with Crippen molar-refractivity contribution in [2.24, 2.45) is 0 Å². The van der Waals surface area contributed by atoms with Crippen LogP contribution in [-0.2, 0) is 24.3 Å². The van der Waals surface area contributed by atoms with E-state index < -0.39 is 0 Å². The first-order chi connectivity index (χ1) is 14.0. The summed E-state index contributed by atoms with van der Waals surface area (Å²) in [5.74, 6) is 1.30. The first-order valence-electron chi connectivity index (χ1n) is 9.71. The van der Waals surface area contributed by atoms with E-state index in [0.717, 1.165) is 29.0 Å². The number of hydrogen-bond acceptors (Lipinski definition) is 5. The summed E-state index contributed by atoms with van der Waals surface area (Å²) in [6.07, 6.45) is 2.39. The van der Waals surface area contributed by atoms with Crippen LogP contribution in [0.5, 0.6) is 11.5 Å². The predicted octanol–water partition coefficient (Wildman–Crippen LogP) is 2.44. The Balaban J connectivity index is 1.48. The third-order valence-electron chi connectivity index (χ3n) is 4.90. The van der Waals surface area contributed by atoms with Gasteiger partial charge in [0.1, 0.15) is 24.1 Å². The average Bonchev–Trinajstić information content (AvgIpc) is 3.07. The van der Waals surface area contributed by atoms with Gasteiger partial charge in [-0.15, -0.1) is 0 Å². The van der Waals surface area contributed by atoms with E-state index >= 15 is 0 Å². The minimum atomic E-state index is -0.276. The van der Waals surface area contributed by atoms with Crippen LogP contribution in [-0.4, -0.2) is 28.2 Å². The fourth-order valence-corrected chi connectivity index (χ4v) is 3.53. The molecule has 0 fully saturated rings. The molecule has 29 heavy (non-hydrogen) atoms. The fraction of sp³-hybridized carbons (Fsp3) is 0.318. The molecule has 0 radical (unpaired) electrons. The molecule has 1 aliphatic rings. The van der Waals surface area contributed by atoms with Gasteiger partial charge in [-0.1, -0.05) is 12.1 Å². The number of hydrogen-bond donors (Lipinski definition) is 1. The van der Waals surface area contributed by atoms with E-state index in [1.807, 2.05) is 32.0 Å². The molecule has 1 aromatic heterocycles. The molecule has 1 N–H and O–H groups in total. The molecule has 150 valence electrons. The number of nitrogens with one attached hydrogen (secondary N) is 1. The summed E-state index contributed by atoms with van der Waals surface area (Å²) in [7, 11) is 0. The molecule has 2 heterocycles. The molecule has 0 saturated carbocycles. The normalized spacial score (nSPS) is 15.0. The van der Waals surface area contributed by atoms with Crippen molar-refractivity contribution in [3.05, 3.63) is 64.2 Å². The third-order valence-corrected chi connectivity index (χ3v) is 4.90. The van der Waals surface area contributed by atoms with Crippen LogP contribution in [0.4, 0.5) is 0 Å². The Morgan fingerprint density at radius 2 is 2.17 bits per heavy atom. The molecular weight excluding hydrogens is 370 g/mol. The number of carbonyl (C=O) groups excluding carboxylic acids is 1. The topological polar surface area (TPSA) is 82.5 Å². The number of rotatable bonds is 6. The van der Waals surface area contributed by atoms with Gasteiger partial charge in [0.15, 0.2) is 0 Å². The second kappa shape index (κ2) is 7.95. The zero-order valence-corrected chi connectivity index (χ0v) is 16.5. The number of carbonyl (C=O) groups is 1. The van der Waals surface area contributed by atoms with Gasteiger partial charge in [-0.2, -0.15) is 0 Å².